The maximum atomic E-state index is 11.3. The van der Waals surface area contributed by atoms with Crippen molar-refractivity contribution >= 4 is 44.1 Å². The molecule has 3 aromatic heterocycles. The molecule has 2 aliphatic heterocycles. The van der Waals surface area contributed by atoms with Gasteiger partial charge in [0.1, 0.15) is 0 Å². The number of hydrogen-bond acceptors (Lipinski definition) is 7. The molecule has 2 aliphatic rings. The van der Waals surface area contributed by atoms with Crippen LogP contribution >= 0.6 is 0 Å². The summed E-state index contributed by atoms with van der Waals surface area (Å²) in [4.78, 5) is 41.5. The number of hydrogen-bond donors (Lipinski definition) is 1. The predicted molar refractivity (Wildman–Crippen MR) is 239 cm³/mol. The zero-order valence-electron chi connectivity index (χ0n) is 36.6. The topological polar surface area (TPSA) is 126 Å². The van der Waals surface area contributed by atoms with Gasteiger partial charge in [-0.05, 0) is 90.7 Å². The summed E-state index contributed by atoms with van der Waals surface area (Å²) in [5.41, 5.74) is 9.59. The summed E-state index contributed by atoms with van der Waals surface area (Å²) in [5.74, 6) is 2.10. The molecule has 0 saturated heterocycles. The largest absolute Gasteiger partial charge is 2.00 e. The van der Waals surface area contributed by atoms with E-state index in [2.05, 4.69) is 124 Å². The Morgan fingerprint density at radius 3 is 1.33 bits per heavy atom. The predicted octanol–water partition coefficient (Wildman–Crippen LogP) is 11.6. The van der Waals surface area contributed by atoms with E-state index in [4.69, 9.17) is 39.9 Å². The van der Waals surface area contributed by atoms with Crippen LogP contribution in [0.1, 0.15) is 123 Å². The fourth-order valence-corrected chi connectivity index (χ4v) is 8.04. The molecule has 1 N–H and O–H groups in total. The first-order valence-electron chi connectivity index (χ1n) is 20.9. The molecule has 8 bridgehead atoms. The van der Waals surface area contributed by atoms with Crippen LogP contribution in [0.25, 0.3) is 89.7 Å². The number of aliphatic hydroxyl groups is 1. The quantitative estimate of drug-likeness (QED) is 0.133. The van der Waals surface area contributed by atoms with Gasteiger partial charge in [-0.2, -0.15) is 0 Å². The second kappa shape index (κ2) is 15.1. The Balaban J connectivity index is 0.00000499. The van der Waals surface area contributed by atoms with Gasteiger partial charge in [0.05, 0.1) is 29.4 Å². The van der Waals surface area contributed by atoms with E-state index in [-0.39, 0.29) is 35.7 Å². The first kappa shape index (κ1) is 41.6. The number of unbranched alkanes of at least 4 members (excludes halogenated alkanes) is 2. The molecule has 60 heavy (non-hydrogen) atoms. The summed E-state index contributed by atoms with van der Waals surface area (Å²) in [6.45, 7) is 22.0. The van der Waals surface area contributed by atoms with Gasteiger partial charge in [0.15, 0.2) is 0 Å². The minimum atomic E-state index is -0.605. The monoisotopic (exact) mass is 844 g/mol. The third-order valence-corrected chi connectivity index (χ3v) is 11.8. The third-order valence-electron chi connectivity index (χ3n) is 11.8. The number of fused-ring (bicyclic) bond motifs is 20. The zero-order valence-corrected chi connectivity index (χ0v) is 39.5. The average Bonchev–Trinajstić information content (AvgIpc) is 3.91. The molecule has 7 aromatic rings. The first-order chi connectivity index (χ1) is 28.0. The molecule has 5 heterocycles. The number of nitrogens with zero attached hydrogens (tertiary/aromatic N) is 8. The Bertz CT molecular complexity index is 2970. The second-order valence-corrected chi connectivity index (χ2v) is 19.3. The van der Waals surface area contributed by atoms with E-state index in [0.717, 1.165) is 79.8 Å². The maximum Gasteiger partial charge on any atom is 2.00 e. The van der Waals surface area contributed by atoms with Crippen LogP contribution in [0, 0.1) is 0 Å². The van der Waals surface area contributed by atoms with Gasteiger partial charge in [0, 0.05) is 44.8 Å². The van der Waals surface area contributed by atoms with Crippen LogP contribution in [-0.2, 0) is 35.7 Å². The summed E-state index contributed by atoms with van der Waals surface area (Å²) >= 11 is 0. The summed E-state index contributed by atoms with van der Waals surface area (Å²) in [5, 5.41) is 14.7. The molecule has 0 fully saturated rings. The van der Waals surface area contributed by atoms with Gasteiger partial charge in [-0.15, -0.1) is 0 Å². The van der Waals surface area contributed by atoms with E-state index in [9.17, 15) is 5.11 Å². The average molecular weight is 846 g/mol. The van der Waals surface area contributed by atoms with Crippen molar-refractivity contribution in [3.05, 3.63) is 95.1 Å². The summed E-state index contributed by atoms with van der Waals surface area (Å²) in [7, 11) is 0. The molecule has 9 nitrogen and oxygen atoms in total. The van der Waals surface area contributed by atoms with Crippen LogP contribution in [0.15, 0.2) is 72.8 Å². The van der Waals surface area contributed by atoms with E-state index in [1.807, 2.05) is 18.2 Å². The van der Waals surface area contributed by atoms with Crippen molar-refractivity contribution in [2.75, 3.05) is 0 Å². The first-order valence-corrected chi connectivity index (χ1v) is 20.9. The van der Waals surface area contributed by atoms with Crippen molar-refractivity contribution in [2.24, 2.45) is 0 Å². The van der Waals surface area contributed by atoms with E-state index in [0.29, 0.717) is 52.3 Å². The molecule has 0 radical (unpaired) electrons. The van der Waals surface area contributed by atoms with Gasteiger partial charge in [0.2, 0.25) is 0 Å². The smallest absolute Gasteiger partial charge is 0.388 e. The molecule has 1 atom stereocenters. The van der Waals surface area contributed by atoms with E-state index in [1.54, 1.807) is 0 Å². The molecule has 0 saturated carbocycles. The number of aromatic nitrogens is 8. The van der Waals surface area contributed by atoms with Gasteiger partial charge >= 0.3 is 19.5 Å². The normalized spacial score (nSPS) is 13.3. The number of benzene rings is 4. The van der Waals surface area contributed by atoms with Crippen LogP contribution in [0.3, 0.4) is 0 Å². The molecule has 10 heteroatoms. The van der Waals surface area contributed by atoms with E-state index < -0.39 is 6.10 Å². The van der Waals surface area contributed by atoms with Crippen molar-refractivity contribution in [2.45, 2.75) is 117 Å². The Labute approximate surface area is 364 Å². The van der Waals surface area contributed by atoms with Crippen LogP contribution in [0.2, 0.25) is 0 Å². The Morgan fingerprint density at radius 1 is 0.467 bits per heavy atom. The van der Waals surface area contributed by atoms with Crippen LogP contribution in [0.5, 0.6) is 0 Å². The standard InChI is InChI=1S/C50H52N8O.Zn/c1-11-12-13-14-39(59)27-15-19-31-35(23-27)44-51-40(31)53-45-37-25-29(49(5,6)7)17-21-33(37)42(55-45)57-47-38-26-30(50(8,9)10)18-22-34(38)43(58-47)56-46-36-24-28(48(2,3)4)16-20-32(36)41(52-44)54-46;/h15-26,39,59H,11-14H2,1-10H3;/q-2;+2. The van der Waals surface area contributed by atoms with Crippen LogP contribution in [0.4, 0.5) is 0 Å². The Kier molecular flexibility index (Phi) is 10.4. The molecule has 1 unspecified atom stereocenters. The van der Waals surface area contributed by atoms with Gasteiger partial charge in [-0.3, -0.25) is 0 Å². The molecule has 300 valence electrons. The minimum Gasteiger partial charge on any atom is -0.388 e. The summed E-state index contributed by atoms with van der Waals surface area (Å²) in [6.07, 6.45) is 3.19. The Hall–Kier alpha value is -5.18. The van der Waals surface area contributed by atoms with E-state index >= 15 is 0 Å². The van der Waals surface area contributed by atoms with Crippen LogP contribution < -0.4 is 9.97 Å². The van der Waals surface area contributed by atoms with Gasteiger partial charge in [0.25, 0.3) is 0 Å². The van der Waals surface area contributed by atoms with Crippen molar-refractivity contribution in [3.63, 3.8) is 0 Å². The maximum absolute atomic E-state index is 11.3. The molecule has 0 amide bonds. The van der Waals surface area contributed by atoms with Crippen LogP contribution in [-0.4, -0.2) is 35.0 Å². The van der Waals surface area contributed by atoms with Gasteiger partial charge < -0.3 is 35.0 Å². The zero-order chi connectivity index (χ0) is 41.6. The summed E-state index contributed by atoms with van der Waals surface area (Å²) in [6, 6.07) is 25.3. The molecular formula is C50H52N8OZn. The van der Waals surface area contributed by atoms with Gasteiger partial charge in [-0.1, -0.05) is 137 Å². The third kappa shape index (κ3) is 7.47. The SMILES string of the molecule is CCCCCC(O)c1ccc2c3nc4nc(nc5[n-]c(nc6nc(nc([n-]3)c2c1)-c1ccc(C(C)(C)C)cc1-6)c1ccc(C(C)(C)C)cc51)-c1ccc(C(C)(C)C)cc1-4.[Zn+2]. The summed E-state index contributed by atoms with van der Waals surface area (Å²) < 4.78 is 0. The van der Waals surface area contributed by atoms with E-state index in [1.165, 1.54) is 5.56 Å². The molecular weight excluding hydrogens is 794 g/mol. The fraction of sp³-hybridized carbons (Fsp3) is 0.360. The molecule has 0 aliphatic carbocycles. The number of rotatable bonds is 5. The van der Waals surface area contributed by atoms with Gasteiger partial charge in [-0.25, -0.2) is 9.97 Å². The molecule has 0 spiro atoms. The number of aliphatic hydroxyl groups excluding tert-OH is 1. The fourth-order valence-electron chi connectivity index (χ4n) is 8.04. The second-order valence-electron chi connectivity index (χ2n) is 19.3. The van der Waals surface area contributed by atoms with Crippen molar-refractivity contribution in [1.29, 1.82) is 0 Å². The van der Waals surface area contributed by atoms with Crippen molar-refractivity contribution in [3.8, 4) is 45.6 Å². The van der Waals surface area contributed by atoms with Crippen molar-refractivity contribution in [1.82, 2.24) is 39.9 Å². The van der Waals surface area contributed by atoms with Crippen molar-refractivity contribution < 1.29 is 24.6 Å². The molecule has 9 rings (SSSR count). The Morgan fingerprint density at radius 2 is 0.867 bits per heavy atom. The molecule has 4 aromatic carbocycles. The minimum absolute atomic E-state index is 0.